The quantitative estimate of drug-likeness (QED) is 0.472. The van der Waals surface area contributed by atoms with Crippen LogP contribution in [0.15, 0.2) is 54.9 Å². The van der Waals surface area contributed by atoms with Crippen LogP contribution in [0, 0.1) is 13.8 Å². The summed E-state index contributed by atoms with van der Waals surface area (Å²) in [5.41, 5.74) is 3.10. The van der Waals surface area contributed by atoms with E-state index in [0.717, 1.165) is 27.6 Å². The number of rotatable bonds is 3. The number of halogens is 1. The second kappa shape index (κ2) is 7.50. The van der Waals surface area contributed by atoms with Gasteiger partial charge < -0.3 is 29.3 Å². The largest absolute Gasteiger partial charge is 1.00 e. The van der Waals surface area contributed by atoms with E-state index in [1.807, 2.05) is 62.5 Å². The summed E-state index contributed by atoms with van der Waals surface area (Å²) in [5, 5.41) is 9.36. The summed E-state index contributed by atoms with van der Waals surface area (Å²) in [7, 11) is 0. The molecule has 0 aliphatic rings. The van der Waals surface area contributed by atoms with E-state index in [1.54, 1.807) is 10.9 Å². The first kappa shape index (κ1) is 17.3. The van der Waals surface area contributed by atoms with E-state index in [0.29, 0.717) is 0 Å². The number of nitrogens with one attached hydrogen (secondary N) is 1. The minimum absolute atomic E-state index is 0. The van der Waals surface area contributed by atoms with Gasteiger partial charge in [-0.25, -0.2) is 0 Å². The van der Waals surface area contributed by atoms with Gasteiger partial charge in [-0.3, -0.25) is 4.79 Å². The van der Waals surface area contributed by atoms with Gasteiger partial charge in [-0.15, -0.1) is 0 Å². The van der Waals surface area contributed by atoms with Crippen molar-refractivity contribution in [1.82, 2.24) is 5.10 Å². The van der Waals surface area contributed by atoms with Crippen molar-refractivity contribution < 1.29 is 33.5 Å². The zero-order valence-corrected chi connectivity index (χ0v) is 15.2. The monoisotopic (exact) mass is 419 g/mol. The molecule has 0 spiro atoms. The zero-order valence-electron chi connectivity index (χ0n) is 13.1. The predicted octanol–water partition coefficient (Wildman–Crippen LogP) is -0.218. The highest BCUT2D eigenvalue weighted by atomic mass is 127. The molecule has 0 bridgehead atoms. The van der Waals surface area contributed by atoms with Crippen LogP contribution in [0.3, 0.4) is 0 Å². The fourth-order valence-corrected chi connectivity index (χ4v) is 2.39. The van der Waals surface area contributed by atoms with Crippen LogP contribution in [-0.4, -0.2) is 11.0 Å². The number of aromatic nitrogens is 2. The lowest BCUT2D eigenvalue weighted by Crippen LogP contribution is -3.00. The molecule has 23 heavy (non-hydrogen) atoms. The van der Waals surface area contributed by atoms with E-state index in [-0.39, 0.29) is 36.4 Å². The Balaban J connectivity index is 0.00000192. The lowest BCUT2D eigenvalue weighted by molar-refractivity contribution is -0.740. The molecule has 118 valence electrons. The average Bonchev–Trinajstić information content (AvgIpc) is 2.52. The molecule has 1 aromatic heterocycles. The van der Waals surface area contributed by atoms with Crippen LogP contribution in [0.1, 0.15) is 11.1 Å². The summed E-state index contributed by atoms with van der Waals surface area (Å²) in [4.78, 5) is 12.2. The average molecular weight is 419 g/mol. The molecule has 0 aliphatic carbocycles. The smallest absolute Gasteiger partial charge is 0.292 e. The Kier molecular flexibility index (Phi) is 5.65. The van der Waals surface area contributed by atoms with Crippen LogP contribution in [0.25, 0.3) is 10.8 Å². The third-order valence-corrected chi connectivity index (χ3v) is 3.81. The number of hydrogen-bond donors (Lipinski definition) is 1. The summed E-state index contributed by atoms with van der Waals surface area (Å²) in [6.07, 6.45) is 3.67. The van der Waals surface area contributed by atoms with Gasteiger partial charge in [0.25, 0.3) is 12.5 Å². The fourth-order valence-electron chi connectivity index (χ4n) is 2.39. The van der Waals surface area contributed by atoms with Crippen LogP contribution in [-0.2, 0) is 11.3 Å². The van der Waals surface area contributed by atoms with E-state index >= 15 is 0 Å². The summed E-state index contributed by atoms with van der Waals surface area (Å²) >= 11 is 0. The molecule has 0 fully saturated rings. The third-order valence-electron chi connectivity index (χ3n) is 3.81. The summed E-state index contributed by atoms with van der Waals surface area (Å²) in [5.74, 6) is -0.0820. The molecule has 1 heterocycles. The highest BCUT2D eigenvalue weighted by Gasteiger charge is 2.13. The van der Waals surface area contributed by atoms with Gasteiger partial charge in [-0.1, -0.05) is 35.0 Å². The number of nitrogens with zero attached hydrogens (tertiary/aromatic N) is 2. The Labute approximate surface area is 152 Å². The first-order valence-electron chi connectivity index (χ1n) is 7.24. The molecular weight excluding hydrogens is 401 g/mol. The van der Waals surface area contributed by atoms with Gasteiger partial charge in [0.05, 0.1) is 0 Å². The number of benzene rings is 2. The number of amides is 1. The number of hydrogen-bond acceptors (Lipinski definition) is 2. The molecule has 0 radical (unpaired) electrons. The summed E-state index contributed by atoms with van der Waals surface area (Å²) in [6, 6.07) is 13.9. The molecule has 2 aromatic carbocycles. The first-order valence-corrected chi connectivity index (χ1v) is 7.24. The van der Waals surface area contributed by atoms with Crippen molar-refractivity contribution in [3.05, 3.63) is 66.0 Å². The lowest BCUT2D eigenvalue weighted by Gasteiger charge is -2.08. The maximum Gasteiger partial charge on any atom is 0.292 e. The molecule has 3 rings (SSSR count). The van der Waals surface area contributed by atoms with Crippen LogP contribution in [0.4, 0.5) is 5.69 Å². The van der Waals surface area contributed by atoms with E-state index < -0.39 is 0 Å². The van der Waals surface area contributed by atoms with Gasteiger partial charge in [0, 0.05) is 16.5 Å². The van der Waals surface area contributed by atoms with E-state index in [9.17, 15) is 4.79 Å². The van der Waals surface area contributed by atoms with E-state index in [1.165, 1.54) is 0 Å². The van der Waals surface area contributed by atoms with Gasteiger partial charge in [0.2, 0.25) is 6.20 Å². The Hall–Kier alpha value is -2.02. The second-order valence-corrected chi connectivity index (χ2v) is 5.40. The van der Waals surface area contributed by atoms with Gasteiger partial charge in [-0.2, -0.15) is 0 Å². The molecule has 1 amide bonds. The number of fused-ring (bicyclic) bond motifs is 1. The van der Waals surface area contributed by atoms with Crippen molar-refractivity contribution in [3.63, 3.8) is 0 Å². The molecule has 3 aromatic rings. The second-order valence-electron chi connectivity index (χ2n) is 5.40. The molecule has 0 unspecified atom stereocenters. The predicted molar refractivity (Wildman–Crippen MR) is 86.5 cm³/mol. The van der Waals surface area contributed by atoms with Gasteiger partial charge in [-0.05, 0) is 42.2 Å². The highest BCUT2D eigenvalue weighted by molar-refractivity contribution is 5.90. The van der Waals surface area contributed by atoms with Crippen molar-refractivity contribution in [1.29, 1.82) is 0 Å². The summed E-state index contributed by atoms with van der Waals surface area (Å²) in [6.45, 7) is 4.23. The Morgan fingerprint density at radius 2 is 1.83 bits per heavy atom. The van der Waals surface area contributed by atoms with Gasteiger partial charge in [0.15, 0.2) is 0 Å². The van der Waals surface area contributed by atoms with Crippen LogP contribution < -0.4 is 34.0 Å². The van der Waals surface area contributed by atoms with Gasteiger partial charge >= 0.3 is 0 Å². The molecule has 0 atom stereocenters. The molecule has 1 N–H and O–H groups in total. The molecular formula is C18H18IN3O. The molecule has 0 saturated carbocycles. The molecule has 5 heteroatoms. The normalized spacial score (nSPS) is 10.2. The lowest BCUT2D eigenvalue weighted by atomic mass is 10.1. The topological polar surface area (TPSA) is 45.9 Å². The van der Waals surface area contributed by atoms with Crippen molar-refractivity contribution in [2.75, 3.05) is 5.32 Å². The maximum atomic E-state index is 12.2. The SMILES string of the molecule is Cc1cccc(NC(=O)C[n+]2cc3ccccc3cn2)c1C.[I-]. The number of carbonyl (C=O) groups excluding carboxylic acids is 1. The minimum Gasteiger partial charge on any atom is -1.00 e. The van der Waals surface area contributed by atoms with Crippen molar-refractivity contribution >= 4 is 22.4 Å². The fraction of sp³-hybridized carbons (Fsp3) is 0.167. The van der Waals surface area contributed by atoms with Crippen molar-refractivity contribution in [2.45, 2.75) is 20.4 Å². The number of carbonyl (C=O) groups is 1. The highest BCUT2D eigenvalue weighted by Crippen LogP contribution is 2.17. The molecule has 4 nitrogen and oxygen atoms in total. The number of aryl methyl sites for hydroxylation is 1. The first-order chi connectivity index (χ1) is 10.6. The number of anilines is 1. The zero-order chi connectivity index (χ0) is 15.5. The maximum absolute atomic E-state index is 12.2. The van der Waals surface area contributed by atoms with Gasteiger partial charge in [0.1, 0.15) is 6.20 Å². The van der Waals surface area contributed by atoms with Crippen LogP contribution >= 0.6 is 0 Å². The minimum atomic E-state index is -0.0820. The Bertz CT molecular complexity index is 849. The standard InChI is InChI=1S/C18H17N3O.HI/c1-13-6-5-9-17(14(13)2)20-18(22)12-21-11-16-8-4-3-7-15(16)10-19-21;/h3-11H,12H2,1-2H3;1H. The van der Waals surface area contributed by atoms with Crippen LogP contribution in [0.5, 0.6) is 0 Å². The molecule has 0 saturated heterocycles. The van der Waals surface area contributed by atoms with Crippen molar-refractivity contribution in [3.8, 4) is 0 Å². The van der Waals surface area contributed by atoms with Crippen molar-refractivity contribution in [2.24, 2.45) is 0 Å². The van der Waals surface area contributed by atoms with Crippen LogP contribution in [0.2, 0.25) is 0 Å². The van der Waals surface area contributed by atoms with E-state index in [2.05, 4.69) is 10.4 Å². The summed E-state index contributed by atoms with van der Waals surface area (Å²) < 4.78 is 1.66. The van der Waals surface area contributed by atoms with E-state index in [4.69, 9.17) is 0 Å². The Morgan fingerprint density at radius 3 is 2.61 bits per heavy atom. The Morgan fingerprint density at radius 1 is 1.09 bits per heavy atom. The molecule has 0 aliphatic heterocycles. The third kappa shape index (κ3) is 4.04.